The number of allylic oxidation sites excluding steroid dienone is 1. The Bertz CT molecular complexity index is 876. The number of nitrogens with one attached hydrogen (secondary N) is 1. The highest BCUT2D eigenvalue weighted by molar-refractivity contribution is 5.92. The van der Waals surface area contributed by atoms with Crippen LogP contribution < -0.4 is 5.32 Å². The zero-order valence-corrected chi connectivity index (χ0v) is 19.5. The molecule has 1 aromatic rings. The van der Waals surface area contributed by atoms with E-state index in [4.69, 9.17) is 9.47 Å². The van der Waals surface area contributed by atoms with Gasteiger partial charge in [-0.1, -0.05) is 42.8 Å². The third-order valence-electron chi connectivity index (χ3n) is 8.06. The third-order valence-corrected chi connectivity index (χ3v) is 8.06. The van der Waals surface area contributed by atoms with Crippen molar-refractivity contribution < 1.29 is 14.3 Å². The van der Waals surface area contributed by atoms with E-state index in [1.165, 1.54) is 30.4 Å². The van der Waals surface area contributed by atoms with Gasteiger partial charge in [0.25, 0.3) is 0 Å². The van der Waals surface area contributed by atoms with Crippen LogP contribution in [0, 0.1) is 17.8 Å². The quantitative estimate of drug-likeness (QED) is 0.501. The number of cyclic esters (lactones) is 1. The lowest BCUT2D eigenvalue weighted by atomic mass is 9.61. The second-order valence-corrected chi connectivity index (χ2v) is 10.4. The van der Waals surface area contributed by atoms with Gasteiger partial charge in [0, 0.05) is 23.6 Å². The van der Waals surface area contributed by atoms with Crippen LogP contribution in [0.15, 0.2) is 53.6 Å². The molecule has 0 amide bonds. The summed E-state index contributed by atoms with van der Waals surface area (Å²) in [5.74, 6) is 1.18. The molecule has 4 nitrogen and oxygen atoms in total. The minimum absolute atomic E-state index is 0.0969. The average Bonchev–Trinajstić information content (AvgIpc) is 3.14. The molecule has 2 heterocycles. The highest BCUT2D eigenvalue weighted by atomic mass is 16.5. The van der Waals surface area contributed by atoms with Gasteiger partial charge in [-0.2, -0.15) is 0 Å². The lowest BCUT2D eigenvalue weighted by molar-refractivity contribution is -0.139. The molecule has 5 rings (SSSR count). The second-order valence-electron chi connectivity index (χ2n) is 10.4. The van der Waals surface area contributed by atoms with Gasteiger partial charge in [0.2, 0.25) is 0 Å². The van der Waals surface area contributed by atoms with Crippen molar-refractivity contribution in [1.29, 1.82) is 0 Å². The maximum atomic E-state index is 12.8. The number of hydrogen-bond acceptors (Lipinski definition) is 4. The van der Waals surface area contributed by atoms with E-state index in [0.29, 0.717) is 36.6 Å². The molecule has 1 aromatic carbocycles. The van der Waals surface area contributed by atoms with Crippen LogP contribution in [0.3, 0.4) is 0 Å². The largest absolute Gasteiger partial charge is 0.455 e. The number of carbonyl (C=O) groups is 1. The third kappa shape index (κ3) is 4.58. The van der Waals surface area contributed by atoms with Gasteiger partial charge >= 0.3 is 5.97 Å². The molecular formula is C28H37NO3. The molecule has 1 N–H and O–H groups in total. The number of esters is 1. The fourth-order valence-corrected chi connectivity index (χ4v) is 6.55. The molecule has 32 heavy (non-hydrogen) atoms. The first-order valence-corrected chi connectivity index (χ1v) is 12.6. The van der Waals surface area contributed by atoms with Gasteiger partial charge in [-0.3, -0.25) is 0 Å². The highest BCUT2D eigenvalue weighted by Gasteiger charge is 2.46. The Morgan fingerprint density at radius 3 is 2.69 bits per heavy atom. The SMILES string of the molecule is C[C@H]1CCC[C@@H](C2=CC[C@@H]3C[C@H](OCc4ccccc4)CC[C@H]3[C@@H]2C2=C[C@H](C)OC2=O)N1. The first kappa shape index (κ1) is 21.9. The van der Waals surface area contributed by atoms with Crippen molar-refractivity contribution in [2.75, 3.05) is 0 Å². The van der Waals surface area contributed by atoms with E-state index in [-0.39, 0.29) is 18.0 Å². The van der Waals surface area contributed by atoms with E-state index >= 15 is 0 Å². The fraction of sp³-hybridized carbons (Fsp3) is 0.607. The summed E-state index contributed by atoms with van der Waals surface area (Å²) in [7, 11) is 0. The number of hydrogen-bond donors (Lipinski definition) is 1. The Morgan fingerprint density at radius 2 is 1.94 bits per heavy atom. The van der Waals surface area contributed by atoms with Crippen molar-refractivity contribution in [3.63, 3.8) is 0 Å². The van der Waals surface area contributed by atoms with Gasteiger partial charge in [-0.25, -0.2) is 4.79 Å². The zero-order valence-electron chi connectivity index (χ0n) is 19.5. The summed E-state index contributed by atoms with van der Waals surface area (Å²) < 4.78 is 11.9. The fourth-order valence-electron chi connectivity index (χ4n) is 6.55. The molecule has 0 unspecified atom stereocenters. The lowest BCUT2D eigenvalue weighted by Crippen LogP contribution is -2.47. The summed E-state index contributed by atoms with van der Waals surface area (Å²) >= 11 is 0. The molecule has 0 radical (unpaired) electrons. The molecule has 4 aliphatic rings. The van der Waals surface area contributed by atoms with E-state index in [2.05, 4.69) is 48.7 Å². The number of ether oxygens (including phenoxy) is 2. The summed E-state index contributed by atoms with van der Waals surface area (Å²) in [6, 6.07) is 11.4. The van der Waals surface area contributed by atoms with Gasteiger partial charge in [0.15, 0.2) is 0 Å². The zero-order chi connectivity index (χ0) is 22.1. The van der Waals surface area contributed by atoms with E-state index < -0.39 is 0 Å². The average molecular weight is 436 g/mol. The number of rotatable bonds is 5. The van der Waals surface area contributed by atoms with Crippen molar-refractivity contribution in [3.8, 4) is 0 Å². The summed E-state index contributed by atoms with van der Waals surface area (Å²) in [5, 5.41) is 3.84. The number of piperidine rings is 1. The predicted molar refractivity (Wildman–Crippen MR) is 126 cm³/mol. The first-order chi connectivity index (χ1) is 15.6. The minimum atomic E-state index is -0.108. The molecule has 7 atom stereocenters. The van der Waals surface area contributed by atoms with Gasteiger partial charge in [-0.05, 0) is 81.4 Å². The van der Waals surface area contributed by atoms with Crippen LogP contribution >= 0.6 is 0 Å². The van der Waals surface area contributed by atoms with Gasteiger partial charge in [0.1, 0.15) is 6.10 Å². The molecule has 172 valence electrons. The van der Waals surface area contributed by atoms with Gasteiger partial charge < -0.3 is 14.8 Å². The number of fused-ring (bicyclic) bond motifs is 1. The predicted octanol–water partition coefficient (Wildman–Crippen LogP) is 5.34. The van der Waals surface area contributed by atoms with E-state index in [0.717, 1.165) is 31.3 Å². The van der Waals surface area contributed by atoms with E-state index in [1.54, 1.807) is 0 Å². The van der Waals surface area contributed by atoms with E-state index in [9.17, 15) is 4.79 Å². The Hall–Kier alpha value is -1.91. The van der Waals surface area contributed by atoms with Gasteiger partial charge in [0.05, 0.1) is 12.7 Å². The second kappa shape index (κ2) is 9.52. The molecule has 1 saturated carbocycles. The minimum Gasteiger partial charge on any atom is -0.455 e. The van der Waals surface area contributed by atoms with Crippen molar-refractivity contribution in [2.45, 2.75) is 89.7 Å². The van der Waals surface area contributed by atoms with Crippen molar-refractivity contribution in [2.24, 2.45) is 17.8 Å². The Labute approximate surface area is 192 Å². The van der Waals surface area contributed by atoms with Crippen molar-refractivity contribution in [1.82, 2.24) is 5.32 Å². The van der Waals surface area contributed by atoms with Crippen LogP contribution in [0.4, 0.5) is 0 Å². The number of carbonyl (C=O) groups excluding carboxylic acids is 1. The molecule has 2 aliphatic heterocycles. The summed E-state index contributed by atoms with van der Waals surface area (Å²) in [6.07, 6.45) is 12.8. The molecule has 0 bridgehead atoms. The Kier molecular flexibility index (Phi) is 6.52. The maximum Gasteiger partial charge on any atom is 0.335 e. The maximum absolute atomic E-state index is 12.8. The van der Waals surface area contributed by atoms with Crippen LogP contribution in [0.5, 0.6) is 0 Å². The molecular weight excluding hydrogens is 398 g/mol. The molecule has 2 aliphatic carbocycles. The van der Waals surface area contributed by atoms with Crippen LogP contribution in [0.2, 0.25) is 0 Å². The first-order valence-electron chi connectivity index (χ1n) is 12.6. The van der Waals surface area contributed by atoms with Crippen LogP contribution in [-0.2, 0) is 20.9 Å². The highest BCUT2D eigenvalue weighted by Crippen LogP contribution is 2.49. The molecule has 4 heteroatoms. The monoisotopic (exact) mass is 435 g/mol. The van der Waals surface area contributed by atoms with Crippen LogP contribution in [0.1, 0.15) is 64.4 Å². The summed E-state index contributed by atoms with van der Waals surface area (Å²) in [6.45, 7) is 4.95. The topological polar surface area (TPSA) is 47.6 Å². The number of benzene rings is 1. The van der Waals surface area contributed by atoms with Crippen LogP contribution in [-0.4, -0.2) is 30.3 Å². The standard InChI is InChI=1S/C28H37NO3/c1-18-7-6-10-26(29-18)24-13-11-21-16-22(31-17-20-8-4-3-5-9-20)12-14-23(21)27(24)25-15-19(2)32-28(25)30/h3-5,8-9,13,15,18-19,21-23,26-27,29H,6-7,10-12,14,16-17H2,1-2H3/t18-,19-,21+,22+,23+,26-,27-/m0/s1. The van der Waals surface area contributed by atoms with Crippen LogP contribution in [0.25, 0.3) is 0 Å². The molecule has 0 aromatic heterocycles. The molecule has 2 fully saturated rings. The van der Waals surface area contributed by atoms with Gasteiger partial charge in [-0.15, -0.1) is 0 Å². The summed E-state index contributed by atoms with van der Waals surface area (Å²) in [4.78, 5) is 12.8. The molecule has 0 spiro atoms. The van der Waals surface area contributed by atoms with Crippen molar-refractivity contribution >= 4 is 5.97 Å². The normalized spacial score (nSPS) is 37.3. The Balaban J connectivity index is 1.34. The van der Waals surface area contributed by atoms with E-state index in [1.807, 2.05) is 13.0 Å². The molecule has 1 saturated heterocycles. The summed E-state index contributed by atoms with van der Waals surface area (Å²) in [5.41, 5.74) is 3.62. The van der Waals surface area contributed by atoms with Crippen molar-refractivity contribution in [3.05, 3.63) is 59.2 Å². The Morgan fingerprint density at radius 1 is 1.09 bits per heavy atom. The smallest absolute Gasteiger partial charge is 0.335 e. The lowest BCUT2D eigenvalue weighted by Gasteiger charge is -2.46.